The fourth-order valence-corrected chi connectivity index (χ4v) is 16.9. The molecule has 0 spiro atoms. The van der Waals surface area contributed by atoms with Gasteiger partial charge in [-0.05, 0) is 0 Å². The van der Waals surface area contributed by atoms with Gasteiger partial charge in [0.1, 0.15) is 0 Å². The van der Waals surface area contributed by atoms with Gasteiger partial charge in [0, 0.05) is 15.2 Å². The van der Waals surface area contributed by atoms with Crippen LogP contribution in [0.15, 0.2) is 24.3 Å². The van der Waals surface area contributed by atoms with Crippen LogP contribution in [0, 0.1) is 10.8 Å². The molecule has 0 bridgehead atoms. The smallest absolute Gasteiger partial charge is 1.00 e. The summed E-state index contributed by atoms with van der Waals surface area (Å²) in [5.41, 5.74) is 0. The van der Waals surface area contributed by atoms with E-state index in [1.807, 2.05) is 22.7 Å². The molecular weight excluding hydrogens is 473 g/mol. The molecule has 0 aliphatic carbocycles. The summed E-state index contributed by atoms with van der Waals surface area (Å²) in [7, 11) is -2.69. The Bertz CT molecular complexity index is 416. The molecule has 2 heterocycles. The van der Waals surface area contributed by atoms with Gasteiger partial charge in [-0.15, -0.1) is 10.8 Å². The maximum atomic E-state index is 3.25. The molecule has 102 valence electrons. The minimum Gasteiger partial charge on any atom is -1.00 e. The van der Waals surface area contributed by atoms with Crippen molar-refractivity contribution < 1.29 is 34.0 Å². The third-order valence-electron chi connectivity index (χ3n) is 3.74. The molecule has 2 aromatic heterocycles. The van der Waals surface area contributed by atoms with Crippen molar-refractivity contribution in [2.45, 2.75) is 26.2 Å². The number of rotatable bonds is 3. The molecule has 0 saturated heterocycles. The van der Waals surface area contributed by atoms with E-state index in [9.17, 15) is 0 Å². The van der Waals surface area contributed by atoms with Crippen molar-refractivity contribution >= 4 is 93.0 Å². The molecule has 0 unspecified atom stereocenters. The first-order valence-corrected chi connectivity index (χ1v) is 14.0. The molecule has 0 N–H and O–H groups in total. The minimum atomic E-state index is -1.34. The largest absolute Gasteiger partial charge is 2.00 e. The second-order valence-corrected chi connectivity index (χ2v) is 22.6. The number of halogens is 2. The summed E-state index contributed by atoms with van der Waals surface area (Å²) in [5.74, 6) is 0. The van der Waals surface area contributed by atoms with Gasteiger partial charge in [-0.25, -0.2) is 12.1 Å². The predicted molar refractivity (Wildman–Crippen MR) is 92.1 cm³/mol. The molecule has 0 aliphatic heterocycles. The van der Waals surface area contributed by atoms with E-state index in [1.165, 1.54) is 0 Å². The molecule has 2 rings (SSSR count). The fourth-order valence-electron chi connectivity index (χ4n) is 1.77. The van der Waals surface area contributed by atoms with Crippen molar-refractivity contribution in [3.05, 3.63) is 35.0 Å². The first-order chi connectivity index (χ1) is 7.46. The summed E-state index contributed by atoms with van der Waals surface area (Å²) >= 11 is 3.64. The number of thiophene rings is 2. The average Bonchev–Trinajstić information content (AvgIpc) is 2.91. The van der Waals surface area contributed by atoms with Crippen LogP contribution in [-0.4, -0.2) is 61.3 Å². The molecule has 0 radical (unpaired) electrons. The molecule has 0 saturated carbocycles. The van der Waals surface area contributed by atoms with Gasteiger partial charge >= 0.3 is 46.1 Å². The molecule has 0 amide bonds. The summed E-state index contributed by atoms with van der Waals surface area (Å²) in [6, 6.07) is 8.70. The van der Waals surface area contributed by atoms with Crippen LogP contribution in [0.1, 0.15) is 0 Å². The number of hydrogen-bond acceptors (Lipinski definition) is 2. The van der Waals surface area contributed by atoms with E-state index in [-0.39, 0.29) is 80.1 Å². The van der Waals surface area contributed by atoms with Crippen molar-refractivity contribution in [1.29, 1.82) is 0 Å². The Balaban J connectivity index is -0.000000722. The molecule has 20 heavy (non-hydrogen) atoms. The summed E-state index contributed by atoms with van der Waals surface area (Å²) in [6.45, 7) is 10.1. The summed E-state index contributed by atoms with van der Waals surface area (Å²) in [4.78, 5) is 0. The average molecular weight is 489 g/mol. The Morgan fingerprint density at radius 2 is 1.05 bits per heavy atom. The maximum absolute atomic E-state index is 3.25. The molecular formula is C12H16Br2Mg2S2Si2. The van der Waals surface area contributed by atoms with E-state index in [1.54, 1.807) is 9.00 Å². The van der Waals surface area contributed by atoms with Crippen molar-refractivity contribution in [2.75, 3.05) is 0 Å². The first kappa shape index (κ1) is 27.2. The number of hydrogen-bond donors (Lipinski definition) is 0. The molecule has 8 heteroatoms. The normalized spacial score (nSPS) is 10.4. The van der Waals surface area contributed by atoms with Crippen molar-refractivity contribution in [2.24, 2.45) is 0 Å². The fraction of sp³-hybridized carbons (Fsp3) is 0.333. The zero-order chi connectivity index (χ0) is 11.8. The van der Waals surface area contributed by atoms with Crippen LogP contribution in [0.25, 0.3) is 0 Å². The van der Waals surface area contributed by atoms with Crippen LogP contribution in [-0.2, 0) is 0 Å². The van der Waals surface area contributed by atoms with Crippen molar-refractivity contribution in [1.82, 2.24) is 0 Å². The van der Waals surface area contributed by atoms with E-state index < -0.39 is 15.2 Å². The third kappa shape index (κ3) is 5.45. The molecule has 0 aromatic carbocycles. The first-order valence-electron chi connectivity index (χ1n) is 5.39. The van der Waals surface area contributed by atoms with Gasteiger partial charge in [-0.1, -0.05) is 26.2 Å². The van der Waals surface area contributed by atoms with Crippen LogP contribution in [0.2, 0.25) is 26.2 Å². The quantitative estimate of drug-likeness (QED) is 0.308. The van der Waals surface area contributed by atoms with Crippen molar-refractivity contribution in [3.63, 3.8) is 0 Å². The van der Waals surface area contributed by atoms with Gasteiger partial charge in [0.15, 0.2) is 0 Å². The maximum Gasteiger partial charge on any atom is 2.00 e. The molecule has 0 fully saturated rings. The second-order valence-electron chi connectivity index (χ2n) is 5.08. The summed E-state index contributed by atoms with van der Waals surface area (Å²) in [5, 5.41) is 6.49. The molecule has 0 aliphatic rings. The van der Waals surface area contributed by atoms with Crippen LogP contribution < -0.4 is 43.0 Å². The summed E-state index contributed by atoms with van der Waals surface area (Å²) < 4.78 is 3.19. The van der Waals surface area contributed by atoms with Crippen molar-refractivity contribution in [3.8, 4) is 0 Å². The van der Waals surface area contributed by atoms with Gasteiger partial charge < -0.3 is 56.6 Å². The van der Waals surface area contributed by atoms with E-state index >= 15 is 0 Å². The van der Waals surface area contributed by atoms with E-state index in [0.717, 1.165) is 0 Å². The monoisotopic (exact) mass is 486 g/mol. The topological polar surface area (TPSA) is 0 Å². The second kappa shape index (κ2) is 11.0. The van der Waals surface area contributed by atoms with Gasteiger partial charge in [-0.3, -0.25) is 0 Å². The summed E-state index contributed by atoms with van der Waals surface area (Å²) in [6.07, 6.45) is 0. The van der Waals surface area contributed by atoms with Crippen LogP contribution in [0.4, 0.5) is 0 Å². The van der Waals surface area contributed by atoms with Crippen LogP contribution in [0.5, 0.6) is 0 Å². The van der Waals surface area contributed by atoms with Gasteiger partial charge in [0.05, 0.1) is 0 Å². The Hall–Kier alpha value is 2.33. The van der Waals surface area contributed by atoms with Gasteiger partial charge in [0.25, 0.3) is 0 Å². The molecule has 0 nitrogen and oxygen atoms in total. The van der Waals surface area contributed by atoms with Crippen LogP contribution >= 0.6 is 22.7 Å². The predicted octanol–water partition coefficient (Wildman–Crippen LogP) is -3.73. The van der Waals surface area contributed by atoms with E-state index in [0.29, 0.717) is 0 Å². The third-order valence-corrected chi connectivity index (χ3v) is 26.6. The Morgan fingerprint density at radius 3 is 1.25 bits per heavy atom. The molecule has 2 aromatic rings. The Labute approximate surface area is 185 Å². The van der Waals surface area contributed by atoms with Gasteiger partial charge in [-0.2, -0.15) is 21.1 Å². The zero-order valence-corrected chi connectivity index (χ0v) is 21.9. The standard InChI is InChI=1S/C12H16S2Si2.2BrH.2Mg/c1-15(2,11-7-5-9-13-11)16(3,4)12-8-6-10-14-12;;;;/h5-8H,1-4H3;2*1H;;/q-2;;;2*+2/p-2. The van der Waals surface area contributed by atoms with E-state index in [2.05, 4.69) is 61.2 Å². The Morgan fingerprint density at radius 1 is 0.750 bits per heavy atom. The zero-order valence-electron chi connectivity index (χ0n) is 12.3. The minimum absolute atomic E-state index is 0. The SMILES string of the molecule is C[Si](C)(c1cc[c-]s1)[Si](C)(C)c1cc[c-]s1.[Br-].[Br-].[Mg+2].[Mg+2]. The van der Waals surface area contributed by atoms with E-state index in [4.69, 9.17) is 0 Å². The van der Waals surface area contributed by atoms with Gasteiger partial charge in [0.2, 0.25) is 0 Å². The Kier molecular flexibility index (Phi) is 14.9. The molecule has 0 atom stereocenters. The van der Waals surface area contributed by atoms with Crippen LogP contribution in [0.3, 0.4) is 0 Å².